The predicted octanol–water partition coefficient (Wildman–Crippen LogP) is 5.81. The van der Waals surface area contributed by atoms with Gasteiger partial charge in [0, 0.05) is 13.1 Å². The fourth-order valence-electron chi connectivity index (χ4n) is 2.28. The summed E-state index contributed by atoms with van der Waals surface area (Å²) in [5.74, 6) is -14.7. The molecule has 9 heteroatoms. The van der Waals surface area contributed by atoms with Crippen molar-refractivity contribution in [3.05, 3.63) is 0 Å². The van der Waals surface area contributed by atoms with Crippen LogP contribution in [0, 0.1) is 0 Å². The van der Waals surface area contributed by atoms with Gasteiger partial charge in [-0.3, -0.25) is 4.79 Å². The van der Waals surface area contributed by atoms with Gasteiger partial charge in [0.2, 0.25) is 0 Å². The first-order valence-electron chi connectivity index (χ1n) is 8.55. The lowest BCUT2D eigenvalue weighted by Gasteiger charge is -2.32. The Morgan fingerprint density at radius 1 is 0.720 bits per heavy atom. The third kappa shape index (κ3) is 6.66. The summed E-state index contributed by atoms with van der Waals surface area (Å²) < 4.78 is 90.2. The first kappa shape index (κ1) is 24.0. The van der Waals surface area contributed by atoms with Crippen molar-refractivity contribution in [2.45, 2.75) is 83.2 Å². The molecule has 150 valence electrons. The molecule has 0 rings (SSSR count). The molecule has 0 bridgehead atoms. The summed E-state index contributed by atoms with van der Waals surface area (Å²) in [6.45, 7) is 3.28. The van der Waals surface area contributed by atoms with Crippen LogP contribution in [0.5, 0.6) is 0 Å². The van der Waals surface area contributed by atoms with Crippen molar-refractivity contribution in [3.63, 3.8) is 0 Å². The van der Waals surface area contributed by atoms with Gasteiger partial charge in [0.1, 0.15) is 0 Å². The molecule has 0 aromatic carbocycles. The highest BCUT2D eigenvalue weighted by molar-refractivity contribution is 5.84. The molecule has 0 radical (unpaired) electrons. The Morgan fingerprint density at radius 2 is 1.12 bits per heavy atom. The van der Waals surface area contributed by atoms with E-state index in [4.69, 9.17) is 0 Å². The largest absolute Gasteiger partial charge is 0.460 e. The molecule has 0 spiro atoms. The predicted molar refractivity (Wildman–Crippen MR) is 80.8 cm³/mol. The maximum Gasteiger partial charge on any atom is 0.460 e. The summed E-state index contributed by atoms with van der Waals surface area (Å²) >= 11 is 0. The number of carbonyl (C=O) groups is 1. The van der Waals surface area contributed by atoms with E-state index in [0.29, 0.717) is 17.7 Å². The second-order valence-corrected chi connectivity index (χ2v) is 6.06. The van der Waals surface area contributed by atoms with E-state index in [1.807, 2.05) is 13.8 Å². The zero-order valence-corrected chi connectivity index (χ0v) is 14.6. The van der Waals surface area contributed by atoms with Gasteiger partial charge in [-0.1, -0.05) is 52.4 Å². The average Bonchev–Trinajstić information content (AvgIpc) is 2.51. The third-order valence-electron chi connectivity index (χ3n) is 3.87. The summed E-state index contributed by atoms with van der Waals surface area (Å²) in [4.78, 5) is 12.2. The summed E-state index contributed by atoms with van der Waals surface area (Å²) in [5.41, 5.74) is 0. The molecule has 0 saturated heterocycles. The molecule has 0 atom stereocenters. The second kappa shape index (κ2) is 10.2. The molecule has 0 heterocycles. The minimum Gasteiger partial charge on any atom is -0.337 e. The Morgan fingerprint density at radius 3 is 1.44 bits per heavy atom. The van der Waals surface area contributed by atoms with Crippen LogP contribution in [0.3, 0.4) is 0 Å². The number of carbonyl (C=O) groups excluding carboxylic acids is 1. The number of unbranched alkanes of at least 4 members (excludes halogenated alkanes) is 6. The first-order valence-corrected chi connectivity index (χ1v) is 8.55. The van der Waals surface area contributed by atoms with E-state index in [2.05, 4.69) is 0 Å². The lowest BCUT2D eigenvalue weighted by molar-refractivity contribution is -0.345. The summed E-state index contributed by atoms with van der Waals surface area (Å²) in [6.07, 6.45) is -1.61. The van der Waals surface area contributed by atoms with Crippen molar-refractivity contribution in [3.8, 4) is 0 Å². The SMILES string of the molecule is CCCCCCN(CCCCCC)C(=O)C(F)(F)C(F)(F)C(F)(F)F. The van der Waals surface area contributed by atoms with Gasteiger partial charge in [0.15, 0.2) is 0 Å². The van der Waals surface area contributed by atoms with Gasteiger partial charge in [-0.25, -0.2) is 0 Å². The molecule has 0 saturated carbocycles. The Bertz CT molecular complexity index is 384. The molecule has 0 aliphatic carbocycles. The van der Waals surface area contributed by atoms with E-state index in [1.54, 1.807) is 0 Å². The molecular weight excluding hydrogens is 355 g/mol. The molecule has 0 aliphatic rings. The number of amides is 1. The first-order chi connectivity index (χ1) is 11.4. The highest BCUT2D eigenvalue weighted by Crippen LogP contribution is 2.47. The number of alkyl halides is 7. The topological polar surface area (TPSA) is 20.3 Å². The molecule has 0 fully saturated rings. The normalized spacial score (nSPS) is 13.2. The Balaban J connectivity index is 5.14. The van der Waals surface area contributed by atoms with Gasteiger partial charge in [0.05, 0.1) is 0 Å². The maximum absolute atomic E-state index is 13.6. The van der Waals surface area contributed by atoms with Gasteiger partial charge in [0.25, 0.3) is 5.91 Å². The van der Waals surface area contributed by atoms with Crippen molar-refractivity contribution >= 4 is 5.91 Å². The summed E-state index contributed by atoms with van der Waals surface area (Å²) in [5, 5.41) is 0. The van der Waals surface area contributed by atoms with Gasteiger partial charge in [-0.05, 0) is 12.8 Å². The van der Waals surface area contributed by atoms with Crippen molar-refractivity contribution in [1.29, 1.82) is 0 Å². The van der Waals surface area contributed by atoms with Gasteiger partial charge in [-0.2, -0.15) is 30.7 Å². The van der Waals surface area contributed by atoms with Crippen LogP contribution in [0.25, 0.3) is 0 Å². The second-order valence-electron chi connectivity index (χ2n) is 6.06. The minimum atomic E-state index is -6.50. The molecule has 0 N–H and O–H groups in total. The smallest absolute Gasteiger partial charge is 0.337 e. The van der Waals surface area contributed by atoms with Crippen molar-refractivity contribution < 1.29 is 35.5 Å². The lowest BCUT2D eigenvalue weighted by Crippen LogP contribution is -2.60. The number of rotatable bonds is 12. The van der Waals surface area contributed by atoms with Crippen LogP contribution in [0.15, 0.2) is 0 Å². The third-order valence-corrected chi connectivity index (χ3v) is 3.87. The molecule has 0 aromatic heterocycles. The molecule has 1 amide bonds. The zero-order chi connectivity index (χ0) is 19.7. The number of hydrogen-bond donors (Lipinski definition) is 0. The van der Waals surface area contributed by atoms with E-state index in [0.717, 1.165) is 25.7 Å². The van der Waals surface area contributed by atoms with E-state index in [9.17, 15) is 35.5 Å². The van der Waals surface area contributed by atoms with Crippen molar-refractivity contribution in [2.24, 2.45) is 0 Å². The zero-order valence-electron chi connectivity index (χ0n) is 14.6. The Hall–Kier alpha value is -1.02. The molecule has 2 nitrogen and oxygen atoms in total. The van der Waals surface area contributed by atoms with Gasteiger partial charge in [-0.15, -0.1) is 0 Å². The molecule has 0 unspecified atom stereocenters. The summed E-state index contributed by atoms with van der Waals surface area (Å²) in [6, 6.07) is 0. The van der Waals surface area contributed by atoms with Crippen LogP contribution in [0.4, 0.5) is 30.7 Å². The van der Waals surface area contributed by atoms with Gasteiger partial charge < -0.3 is 4.90 Å². The lowest BCUT2D eigenvalue weighted by atomic mass is 10.1. The van der Waals surface area contributed by atoms with E-state index < -0.39 is 23.9 Å². The Labute approximate surface area is 143 Å². The van der Waals surface area contributed by atoms with Crippen LogP contribution in [-0.4, -0.2) is 41.9 Å². The maximum atomic E-state index is 13.6. The minimum absolute atomic E-state index is 0.255. The fourth-order valence-corrected chi connectivity index (χ4v) is 2.28. The van der Waals surface area contributed by atoms with E-state index in [1.165, 1.54) is 0 Å². The highest BCUT2D eigenvalue weighted by Gasteiger charge is 2.76. The van der Waals surface area contributed by atoms with Crippen molar-refractivity contribution in [1.82, 2.24) is 4.90 Å². The number of nitrogens with zero attached hydrogens (tertiary/aromatic N) is 1. The van der Waals surface area contributed by atoms with Crippen LogP contribution in [-0.2, 0) is 4.79 Å². The van der Waals surface area contributed by atoms with Crippen molar-refractivity contribution in [2.75, 3.05) is 13.1 Å². The molecule has 0 aliphatic heterocycles. The molecule has 25 heavy (non-hydrogen) atoms. The van der Waals surface area contributed by atoms with E-state index in [-0.39, 0.29) is 25.9 Å². The average molecular weight is 381 g/mol. The number of halogens is 7. The Kier molecular flexibility index (Phi) is 9.79. The fraction of sp³-hybridized carbons (Fsp3) is 0.938. The quantitative estimate of drug-likeness (QED) is 0.309. The van der Waals surface area contributed by atoms with Crippen LogP contribution < -0.4 is 0 Å². The molecule has 0 aromatic rings. The van der Waals surface area contributed by atoms with Gasteiger partial charge >= 0.3 is 18.0 Å². The van der Waals surface area contributed by atoms with Crippen LogP contribution in [0.1, 0.15) is 65.2 Å². The standard InChI is InChI=1S/C16H26F7NO/c1-3-5-7-9-11-24(12-10-8-6-4-2)13(25)14(17,18)15(19,20)16(21,22)23/h3-12H2,1-2H3. The van der Waals surface area contributed by atoms with Crippen LogP contribution >= 0.6 is 0 Å². The highest BCUT2D eigenvalue weighted by atomic mass is 19.4. The molecular formula is C16H26F7NO. The monoisotopic (exact) mass is 381 g/mol. The number of hydrogen-bond acceptors (Lipinski definition) is 1. The van der Waals surface area contributed by atoms with Crippen LogP contribution in [0.2, 0.25) is 0 Å². The summed E-state index contributed by atoms with van der Waals surface area (Å²) in [7, 11) is 0. The van der Waals surface area contributed by atoms with E-state index >= 15 is 0 Å².